The molecule has 8 heteroatoms. The molecule has 1 aromatic heterocycles. The minimum atomic E-state index is -0.706. The number of aromatic nitrogens is 2. The van der Waals surface area contributed by atoms with E-state index >= 15 is 0 Å². The van der Waals surface area contributed by atoms with Gasteiger partial charge in [-0.05, 0) is 50.8 Å². The molecule has 1 aliphatic carbocycles. The van der Waals surface area contributed by atoms with Crippen molar-refractivity contribution in [1.82, 2.24) is 15.3 Å². The summed E-state index contributed by atoms with van der Waals surface area (Å²) in [5.74, 6) is -1.82. The van der Waals surface area contributed by atoms with Crippen LogP contribution in [0.2, 0.25) is 0 Å². The largest absolute Gasteiger partial charge is 0.348 e. The molecule has 1 aromatic carbocycles. The van der Waals surface area contributed by atoms with Gasteiger partial charge in [0.25, 0.3) is 5.91 Å². The molecular formula is C21H22F2N4O2. The molecule has 0 unspecified atom stereocenters. The van der Waals surface area contributed by atoms with Gasteiger partial charge in [-0.2, -0.15) is 0 Å². The van der Waals surface area contributed by atoms with E-state index in [-0.39, 0.29) is 23.5 Å². The van der Waals surface area contributed by atoms with Crippen molar-refractivity contribution in [1.29, 1.82) is 0 Å². The van der Waals surface area contributed by atoms with E-state index in [9.17, 15) is 18.4 Å². The molecule has 6 nitrogen and oxygen atoms in total. The standard InChI is InChI=1S/C21H22F2N4O2/c1-13-7-18(25-12-24-13)19(28)26-16-3-2-4-21(11-16)5-6-27(20(21)29)17-9-14(22)8-15(23)10-17/h7-10,12,16H,2-6,11H2,1H3,(H,26,28)/t16-,21-/m1/s1. The monoisotopic (exact) mass is 400 g/mol. The molecule has 29 heavy (non-hydrogen) atoms. The average Bonchev–Trinajstić information content (AvgIpc) is 2.97. The number of nitrogens with one attached hydrogen (secondary N) is 1. The third kappa shape index (κ3) is 3.83. The molecule has 0 bridgehead atoms. The van der Waals surface area contributed by atoms with E-state index < -0.39 is 17.0 Å². The van der Waals surface area contributed by atoms with E-state index in [1.54, 1.807) is 13.0 Å². The zero-order valence-corrected chi connectivity index (χ0v) is 16.1. The number of rotatable bonds is 3. The Balaban J connectivity index is 1.49. The number of carbonyl (C=O) groups is 2. The van der Waals surface area contributed by atoms with Gasteiger partial charge in [0.1, 0.15) is 23.7 Å². The Kier molecular flexibility index (Phi) is 5.02. The zero-order valence-electron chi connectivity index (χ0n) is 16.1. The maximum atomic E-state index is 13.6. The van der Waals surface area contributed by atoms with E-state index in [0.717, 1.165) is 18.9 Å². The maximum Gasteiger partial charge on any atom is 0.270 e. The number of aryl methyl sites for hydroxylation is 1. The van der Waals surface area contributed by atoms with E-state index in [0.29, 0.717) is 37.2 Å². The molecule has 2 atom stereocenters. The summed E-state index contributed by atoms with van der Waals surface area (Å²) in [5.41, 5.74) is 0.633. The second kappa shape index (κ2) is 7.50. The summed E-state index contributed by atoms with van der Waals surface area (Å²) in [6.45, 7) is 2.20. The maximum absolute atomic E-state index is 13.6. The molecule has 2 amide bonds. The second-order valence-electron chi connectivity index (χ2n) is 7.93. The van der Waals surface area contributed by atoms with Gasteiger partial charge in [0.15, 0.2) is 0 Å². The number of halogens is 2. The Morgan fingerprint density at radius 3 is 2.66 bits per heavy atom. The van der Waals surface area contributed by atoms with Crippen molar-refractivity contribution in [2.75, 3.05) is 11.4 Å². The third-order valence-corrected chi connectivity index (χ3v) is 5.89. The highest BCUT2D eigenvalue weighted by atomic mass is 19.1. The molecule has 2 fully saturated rings. The molecule has 4 rings (SSSR count). The number of amides is 2. The van der Waals surface area contributed by atoms with Gasteiger partial charge in [-0.1, -0.05) is 6.42 Å². The predicted octanol–water partition coefficient (Wildman–Crippen LogP) is 3.16. The van der Waals surface area contributed by atoms with Crippen LogP contribution in [0.5, 0.6) is 0 Å². The molecule has 1 aliphatic heterocycles. The fourth-order valence-corrected chi connectivity index (χ4v) is 4.51. The van der Waals surface area contributed by atoms with Crippen LogP contribution in [0.15, 0.2) is 30.6 Å². The van der Waals surface area contributed by atoms with Gasteiger partial charge in [0.05, 0.1) is 5.41 Å². The van der Waals surface area contributed by atoms with Crippen molar-refractivity contribution in [3.05, 3.63) is 53.6 Å². The number of nitrogens with zero attached hydrogens (tertiary/aromatic N) is 3. The van der Waals surface area contributed by atoms with Crippen molar-refractivity contribution >= 4 is 17.5 Å². The van der Waals surface area contributed by atoms with Crippen LogP contribution in [0.4, 0.5) is 14.5 Å². The molecule has 2 aliphatic rings. The van der Waals surface area contributed by atoms with Gasteiger partial charge in [0, 0.05) is 30.0 Å². The Hall–Kier alpha value is -2.90. The van der Waals surface area contributed by atoms with Crippen molar-refractivity contribution in [2.24, 2.45) is 5.41 Å². The van der Waals surface area contributed by atoms with E-state index in [1.165, 1.54) is 23.4 Å². The lowest BCUT2D eigenvalue weighted by Gasteiger charge is -2.36. The number of hydrogen-bond donors (Lipinski definition) is 1. The highest BCUT2D eigenvalue weighted by molar-refractivity contribution is 6.00. The van der Waals surface area contributed by atoms with Crippen LogP contribution in [0.3, 0.4) is 0 Å². The van der Waals surface area contributed by atoms with Crippen LogP contribution < -0.4 is 10.2 Å². The smallest absolute Gasteiger partial charge is 0.270 e. The molecule has 1 saturated carbocycles. The number of carbonyl (C=O) groups excluding carboxylic acids is 2. The summed E-state index contributed by atoms with van der Waals surface area (Å²) in [6, 6.07) is 4.62. The lowest BCUT2D eigenvalue weighted by atomic mass is 9.71. The van der Waals surface area contributed by atoms with Gasteiger partial charge in [0.2, 0.25) is 5.91 Å². The molecule has 0 radical (unpaired) electrons. The molecule has 2 heterocycles. The van der Waals surface area contributed by atoms with E-state index in [4.69, 9.17) is 0 Å². The minimum Gasteiger partial charge on any atom is -0.348 e. The average molecular weight is 400 g/mol. The summed E-state index contributed by atoms with van der Waals surface area (Å²) in [7, 11) is 0. The van der Waals surface area contributed by atoms with Crippen LogP contribution in [0.1, 0.15) is 48.3 Å². The van der Waals surface area contributed by atoms with Gasteiger partial charge < -0.3 is 10.2 Å². The molecule has 2 aromatic rings. The second-order valence-corrected chi connectivity index (χ2v) is 7.93. The normalized spacial score (nSPS) is 24.2. The van der Waals surface area contributed by atoms with Crippen LogP contribution in [0, 0.1) is 24.0 Å². The third-order valence-electron chi connectivity index (χ3n) is 5.89. The summed E-state index contributed by atoms with van der Waals surface area (Å²) in [4.78, 5) is 35.2. The first-order chi connectivity index (χ1) is 13.9. The van der Waals surface area contributed by atoms with Gasteiger partial charge >= 0.3 is 0 Å². The fraction of sp³-hybridized carbons (Fsp3) is 0.429. The number of hydrogen-bond acceptors (Lipinski definition) is 4. The highest BCUT2D eigenvalue weighted by Gasteiger charge is 2.49. The molecular weight excluding hydrogens is 378 g/mol. The first-order valence-electron chi connectivity index (χ1n) is 9.74. The van der Waals surface area contributed by atoms with E-state index in [1.807, 2.05) is 0 Å². The van der Waals surface area contributed by atoms with Crippen LogP contribution in [-0.4, -0.2) is 34.4 Å². The van der Waals surface area contributed by atoms with Gasteiger partial charge in [-0.15, -0.1) is 0 Å². The summed E-state index contributed by atoms with van der Waals surface area (Å²) in [6.07, 6.45) is 4.74. The zero-order chi connectivity index (χ0) is 20.6. The van der Waals surface area contributed by atoms with Gasteiger partial charge in [-0.25, -0.2) is 18.7 Å². The van der Waals surface area contributed by atoms with Crippen molar-refractivity contribution in [3.8, 4) is 0 Å². The minimum absolute atomic E-state index is 0.126. The Bertz CT molecular complexity index is 947. The van der Waals surface area contributed by atoms with E-state index in [2.05, 4.69) is 15.3 Å². The fourth-order valence-electron chi connectivity index (χ4n) is 4.51. The lowest BCUT2D eigenvalue weighted by Crippen LogP contribution is -2.46. The van der Waals surface area contributed by atoms with Crippen LogP contribution >= 0.6 is 0 Å². The Labute approximate surface area is 167 Å². The van der Waals surface area contributed by atoms with Crippen LogP contribution in [-0.2, 0) is 4.79 Å². The number of benzene rings is 1. The molecule has 1 N–H and O–H groups in total. The summed E-state index contributed by atoms with van der Waals surface area (Å²) >= 11 is 0. The highest BCUT2D eigenvalue weighted by Crippen LogP contribution is 2.46. The summed E-state index contributed by atoms with van der Waals surface area (Å²) < 4.78 is 27.2. The predicted molar refractivity (Wildman–Crippen MR) is 102 cm³/mol. The molecule has 152 valence electrons. The van der Waals surface area contributed by atoms with Gasteiger partial charge in [-0.3, -0.25) is 9.59 Å². The first-order valence-corrected chi connectivity index (χ1v) is 9.74. The molecule has 1 spiro atoms. The summed E-state index contributed by atoms with van der Waals surface area (Å²) in [5, 5.41) is 2.99. The topological polar surface area (TPSA) is 75.2 Å². The Morgan fingerprint density at radius 1 is 1.17 bits per heavy atom. The van der Waals surface area contributed by atoms with Crippen molar-refractivity contribution in [3.63, 3.8) is 0 Å². The Morgan fingerprint density at radius 2 is 1.93 bits per heavy atom. The first kappa shape index (κ1) is 19.4. The molecule has 1 saturated heterocycles. The lowest BCUT2D eigenvalue weighted by molar-refractivity contribution is -0.127. The van der Waals surface area contributed by atoms with Crippen LogP contribution in [0.25, 0.3) is 0 Å². The quantitative estimate of drug-likeness (QED) is 0.859. The van der Waals surface area contributed by atoms with Crippen molar-refractivity contribution in [2.45, 2.75) is 45.1 Å². The van der Waals surface area contributed by atoms with Crippen molar-refractivity contribution < 1.29 is 18.4 Å². The SMILES string of the molecule is Cc1cc(C(=O)N[C@@H]2CCC[C@@]3(CCN(c4cc(F)cc(F)c4)C3=O)C2)ncn1. The number of anilines is 1.